The van der Waals surface area contributed by atoms with Crippen molar-refractivity contribution >= 4 is 11.9 Å². The Morgan fingerprint density at radius 2 is 1.79 bits per heavy atom. The standard InChI is InChI=1S/C14H17NO2.C2HF3O2/c1-2-14(13(16)17)9-6-10-15(14)11-12-7-4-3-5-8-12;3-2(4,5)1(6)7/h2-5,7-8H,1,6,9-11H2,(H,16,17);(H,6,7)/t14-;/m0./s1. The number of nitrogens with zero attached hydrogens (tertiary/aromatic N) is 1. The van der Waals surface area contributed by atoms with E-state index in [1.54, 1.807) is 6.08 Å². The molecule has 5 nitrogen and oxygen atoms in total. The molecule has 0 bridgehead atoms. The van der Waals surface area contributed by atoms with E-state index in [9.17, 15) is 23.1 Å². The normalized spacial score (nSPS) is 20.8. The van der Waals surface area contributed by atoms with Crippen LogP contribution in [0.5, 0.6) is 0 Å². The van der Waals surface area contributed by atoms with Crippen molar-refractivity contribution in [3.05, 3.63) is 48.6 Å². The smallest absolute Gasteiger partial charge is 0.480 e. The van der Waals surface area contributed by atoms with Gasteiger partial charge in [-0.25, -0.2) is 9.59 Å². The van der Waals surface area contributed by atoms with E-state index < -0.39 is 23.7 Å². The Bertz CT molecular complexity index is 589. The van der Waals surface area contributed by atoms with Gasteiger partial charge in [0.15, 0.2) is 0 Å². The van der Waals surface area contributed by atoms with Crippen LogP contribution in [0.1, 0.15) is 18.4 Å². The van der Waals surface area contributed by atoms with E-state index in [2.05, 4.69) is 6.58 Å². The average molecular weight is 345 g/mol. The molecule has 132 valence electrons. The summed E-state index contributed by atoms with van der Waals surface area (Å²) in [6.45, 7) is 5.18. The maximum absolute atomic E-state index is 11.4. The fourth-order valence-corrected chi connectivity index (χ4v) is 2.48. The van der Waals surface area contributed by atoms with Gasteiger partial charge in [0.2, 0.25) is 0 Å². The van der Waals surface area contributed by atoms with Crippen LogP contribution >= 0.6 is 0 Å². The van der Waals surface area contributed by atoms with E-state index in [1.807, 2.05) is 35.2 Å². The zero-order valence-electron chi connectivity index (χ0n) is 12.8. The number of likely N-dealkylation sites (tertiary alicyclic amines) is 1. The van der Waals surface area contributed by atoms with E-state index >= 15 is 0 Å². The molecule has 1 aromatic carbocycles. The molecule has 0 spiro atoms. The highest BCUT2D eigenvalue weighted by atomic mass is 19.4. The van der Waals surface area contributed by atoms with Gasteiger partial charge in [-0.15, -0.1) is 6.58 Å². The highest BCUT2D eigenvalue weighted by Gasteiger charge is 2.44. The number of alkyl halides is 3. The number of hydrogen-bond donors (Lipinski definition) is 2. The highest BCUT2D eigenvalue weighted by Crippen LogP contribution is 2.32. The lowest BCUT2D eigenvalue weighted by Gasteiger charge is -2.31. The van der Waals surface area contributed by atoms with Crippen LogP contribution in [0.2, 0.25) is 0 Å². The van der Waals surface area contributed by atoms with Crippen molar-refractivity contribution in [2.24, 2.45) is 0 Å². The molecule has 1 saturated heterocycles. The fraction of sp³-hybridized carbons (Fsp3) is 0.375. The van der Waals surface area contributed by atoms with Gasteiger partial charge in [0.1, 0.15) is 5.54 Å². The van der Waals surface area contributed by atoms with Gasteiger partial charge < -0.3 is 10.2 Å². The summed E-state index contributed by atoms with van der Waals surface area (Å²) < 4.78 is 31.7. The summed E-state index contributed by atoms with van der Waals surface area (Å²) in [6, 6.07) is 9.96. The molecule has 1 aliphatic rings. The first-order chi connectivity index (χ1) is 11.1. The molecule has 1 atom stereocenters. The van der Waals surface area contributed by atoms with Crippen molar-refractivity contribution in [3.63, 3.8) is 0 Å². The van der Waals surface area contributed by atoms with Crippen LogP contribution in [-0.4, -0.2) is 45.3 Å². The first-order valence-corrected chi connectivity index (χ1v) is 7.09. The molecule has 2 rings (SSSR count). The monoisotopic (exact) mass is 345 g/mol. The largest absolute Gasteiger partial charge is 0.490 e. The third kappa shape index (κ3) is 4.82. The lowest BCUT2D eigenvalue weighted by atomic mass is 9.96. The molecule has 0 unspecified atom stereocenters. The predicted octanol–water partition coefficient (Wildman–Crippen LogP) is 2.93. The average Bonchev–Trinajstić information content (AvgIpc) is 2.92. The molecule has 8 heteroatoms. The van der Waals surface area contributed by atoms with Crippen molar-refractivity contribution in [1.82, 2.24) is 4.90 Å². The van der Waals surface area contributed by atoms with Gasteiger partial charge in [-0.3, -0.25) is 4.90 Å². The summed E-state index contributed by atoms with van der Waals surface area (Å²) in [5.74, 6) is -3.55. The van der Waals surface area contributed by atoms with Crippen molar-refractivity contribution in [2.45, 2.75) is 31.1 Å². The molecule has 1 heterocycles. The van der Waals surface area contributed by atoms with Crippen LogP contribution in [-0.2, 0) is 16.1 Å². The molecule has 1 fully saturated rings. The maximum atomic E-state index is 11.4. The molecule has 0 saturated carbocycles. The van der Waals surface area contributed by atoms with Crippen molar-refractivity contribution in [1.29, 1.82) is 0 Å². The Balaban J connectivity index is 0.000000351. The van der Waals surface area contributed by atoms with Gasteiger partial charge in [-0.2, -0.15) is 13.2 Å². The first kappa shape index (κ1) is 19.7. The molecule has 0 aromatic heterocycles. The summed E-state index contributed by atoms with van der Waals surface area (Å²) >= 11 is 0. The Morgan fingerprint density at radius 1 is 1.25 bits per heavy atom. The quantitative estimate of drug-likeness (QED) is 0.821. The molecule has 0 amide bonds. The van der Waals surface area contributed by atoms with Crippen molar-refractivity contribution in [2.75, 3.05) is 6.54 Å². The van der Waals surface area contributed by atoms with Gasteiger partial charge in [-0.05, 0) is 24.9 Å². The van der Waals surface area contributed by atoms with E-state index in [1.165, 1.54) is 0 Å². The Labute approximate surface area is 137 Å². The summed E-state index contributed by atoms with van der Waals surface area (Å²) in [5.41, 5.74) is 0.261. The zero-order valence-corrected chi connectivity index (χ0v) is 12.8. The van der Waals surface area contributed by atoms with Crippen LogP contribution in [0.4, 0.5) is 13.2 Å². The first-order valence-electron chi connectivity index (χ1n) is 7.09. The second kappa shape index (κ2) is 7.96. The molecular formula is C16H18F3NO4. The Morgan fingerprint density at radius 3 is 2.21 bits per heavy atom. The maximum Gasteiger partial charge on any atom is 0.490 e. The van der Waals surface area contributed by atoms with Gasteiger partial charge >= 0.3 is 18.1 Å². The van der Waals surface area contributed by atoms with Crippen molar-refractivity contribution in [3.8, 4) is 0 Å². The Hall–Kier alpha value is -2.35. The van der Waals surface area contributed by atoms with Crippen LogP contribution < -0.4 is 0 Å². The second-order valence-corrected chi connectivity index (χ2v) is 5.25. The van der Waals surface area contributed by atoms with Gasteiger partial charge in [0.25, 0.3) is 0 Å². The van der Waals surface area contributed by atoms with Gasteiger partial charge in [-0.1, -0.05) is 36.4 Å². The molecular weight excluding hydrogens is 327 g/mol. The van der Waals surface area contributed by atoms with E-state index in [-0.39, 0.29) is 0 Å². The van der Waals surface area contributed by atoms with Crippen LogP contribution in [0, 0.1) is 0 Å². The van der Waals surface area contributed by atoms with E-state index in [4.69, 9.17) is 9.90 Å². The van der Waals surface area contributed by atoms with Crippen LogP contribution in [0.3, 0.4) is 0 Å². The summed E-state index contributed by atoms with van der Waals surface area (Å²) in [6.07, 6.45) is -1.95. The second-order valence-electron chi connectivity index (χ2n) is 5.25. The molecule has 24 heavy (non-hydrogen) atoms. The van der Waals surface area contributed by atoms with Gasteiger partial charge in [0.05, 0.1) is 0 Å². The predicted molar refractivity (Wildman–Crippen MR) is 80.3 cm³/mol. The number of carboxylic acids is 2. The number of carbonyl (C=O) groups is 2. The fourth-order valence-electron chi connectivity index (χ4n) is 2.48. The molecule has 0 aliphatic carbocycles. The lowest BCUT2D eigenvalue weighted by Crippen LogP contribution is -2.48. The Kier molecular flexibility index (Phi) is 6.53. The third-order valence-electron chi connectivity index (χ3n) is 3.72. The summed E-state index contributed by atoms with van der Waals surface area (Å²) in [5, 5.41) is 16.5. The highest BCUT2D eigenvalue weighted by molar-refractivity contribution is 5.81. The minimum atomic E-state index is -5.08. The minimum Gasteiger partial charge on any atom is -0.480 e. The van der Waals surface area contributed by atoms with Crippen molar-refractivity contribution < 1.29 is 33.0 Å². The number of halogens is 3. The van der Waals surface area contributed by atoms with Gasteiger partial charge in [0, 0.05) is 6.54 Å². The zero-order chi connectivity index (χ0) is 18.4. The molecule has 1 aromatic rings. The SMILES string of the molecule is C=C[C@@]1(C(=O)O)CCCN1Cc1ccccc1.O=C(O)C(F)(F)F. The lowest BCUT2D eigenvalue weighted by molar-refractivity contribution is -0.192. The number of aliphatic carboxylic acids is 2. The van der Waals surface area contributed by atoms with Crippen LogP contribution in [0.15, 0.2) is 43.0 Å². The minimum absolute atomic E-state index is 0.651. The number of rotatable bonds is 4. The molecule has 2 N–H and O–H groups in total. The number of hydrogen-bond acceptors (Lipinski definition) is 3. The van der Waals surface area contributed by atoms with E-state index in [0.717, 1.165) is 18.5 Å². The third-order valence-corrected chi connectivity index (χ3v) is 3.72. The van der Waals surface area contributed by atoms with Crippen LogP contribution in [0.25, 0.3) is 0 Å². The van der Waals surface area contributed by atoms with E-state index in [0.29, 0.717) is 13.0 Å². The molecule has 1 aliphatic heterocycles. The summed E-state index contributed by atoms with van der Waals surface area (Å²) in [4.78, 5) is 22.3. The topological polar surface area (TPSA) is 77.8 Å². The number of benzene rings is 1. The molecule has 0 radical (unpaired) electrons. The number of carboxylic acid groups (broad SMARTS) is 2. The summed E-state index contributed by atoms with van der Waals surface area (Å²) in [7, 11) is 0.